The van der Waals surface area contributed by atoms with Gasteiger partial charge in [0.25, 0.3) is 0 Å². The summed E-state index contributed by atoms with van der Waals surface area (Å²) < 4.78 is 30.3. The molecule has 1 aliphatic rings. The molecule has 148 valence electrons. The molecule has 0 bridgehead atoms. The fraction of sp³-hybridized carbons (Fsp3) is 0.174. The van der Waals surface area contributed by atoms with Crippen LogP contribution in [0.5, 0.6) is 0 Å². The highest BCUT2D eigenvalue weighted by molar-refractivity contribution is 7.87. The Morgan fingerprint density at radius 2 is 1.59 bits per heavy atom. The lowest BCUT2D eigenvalue weighted by molar-refractivity contribution is 0.138. The van der Waals surface area contributed by atoms with E-state index in [-0.39, 0.29) is 4.90 Å². The molecule has 1 aliphatic heterocycles. The lowest BCUT2D eigenvalue weighted by Gasteiger charge is -2.36. The maximum atomic E-state index is 13.0. The molecule has 0 radical (unpaired) electrons. The summed E-state index contributed by atoms with van der Waals surface area (Å²) in [5.74, 6) is 0. The molecule has 0 fully saturated rings. The Labute approximate surface area is 170 Å². The van der Waals surface area contributed by atoms with Gasteiger partial charge in [-0.05, 0) is 42.2 Å². The zero-order valence-electron chi connectivity index (χ0n) is 16.0. The quantitative estimate of drug-likeness (QED) is 0.601. The second kappa shape index (κ2) is 7.72. The fourth-order valence-electron chi connectivity index (χ4n) is 3.65. The fourth-order valence-corrected chi connectivity index (χ4v) is 4.50. The summed E-state index contributed by atoms with van der Waals surface area (Å²) >= 11 is 0. The third kappa shape index (κ3) is 3.89. The smallest absolute Gasteiger partial charge is 0.324 e. The molecule has 0 saturated carbocycles. The van der Waals surface area contributed by atoms with Crippen LogP contribution in [0, 0.1) is 6.92 Å². The van der Waals surface area contributed by atoms with E-state index < -0.39 is 22.3 Å². The predicted octanol–water partition coefficient (Wildman–Crippen LogP) is 4.47. The van der Waals surface area contributed by atoms with Crippen molar-refractivity contribution in [3.05, 3.63) is 101 Å². The number of carbonyl (C=O) groups is 1. The van der Waals surface area contributed by atoms with E-state index in [4.69, 9.17) is 4.18 Å². The first kappa shape index (κ1) is 19.2. The molecule has 0 aliphatic carbocycles. The minimum Gasteiger partial charge on any atom is -0.324 e. The molecule has 0 spiro atoms. The zero-order chi connectivity index (χ0) is 20.4. The van der Waals surface area contributed by atoms with Crippen LogP contribution in [-0.2, 0) is 20.7 Å². The van der Waals surface area contributed by atoms with Crippen molar-refractivity contribution in [2.45, 2.75) is 24.3 Å². The second-order valence-corrected chi connectivity index (χ2v) is 8.62. The third-order valence-electron chi connectivity index (χ3n) is 5.12. The summed E-state index contributed by atoms with van der Waals surface area (Å²) in [6.45, 7) is 2.23. The van der Waals surface area contributed by atoms with Crippen LogP contribution in [-0.4, -0.2) is 26.0 Å². The molecule has 3 aromatic carbocycles. The van der Waals surface area contributed by atoms with Gasteiger partial charge in [0.15, 0.2) is 0 Å². The van der Waals surface area contributed by atoms with Crippen LogP contribution in [0.2, 0.25) is 0 Å². The van der Waals surface area contributed by atoms with Gasteiger partial charge in [-0.25, -0.2) is 4.79 Å². The summed E-state index contributed by atoms with van der Waals surface area (Å²) in [6, 6.07) is 23.3. The number of aryl methyl sites for hydroxylation is 1. The van der Waals surface area contributed by atoms with Gasteiger partial charge in [0.1, 0.15) is 4.90 Å². The molecule has 0 unspecified atom stereocenters. The van der Waals surface area contributed by atoms with Crippen molar-refractivity contribution in [3.63, 3.8) is 0 Å². The average Bonchev–Trinajstić information content (AvgIpc) is 2.73. The molecule has 1 heterocycles. The van der Waals surface area contributed by atoms with E-state index in [1.54, 1.807) is 12.1 Å². The van der Waals surface area contributed by atoms with Gasteiger partial charge in [-0.1, -0.05) is 72.3 Å². The van der Waals surface area contributed by atoms with Crippen molar-refractivity contribution in [2.75, 3.05) is 6.54 Å². The Morgan fingerprint density at radius 3 is 2.31 bits per heavy atom. The monoisotopic (exact) mass is 407 g/mol. The summed E-state index contributed by atoms with van der Waals surface area (Å²) in [6.07, 6.45) is -0.229. The van der Waals surface area contributed by atoms with Gasteiger partial charge in [-0.2, -0.15) is 8.42 Å². The first-order chi connectivity index (χ1) is 14.0. The average molecular weight is 407 g/mol. The number of fused-ring (bicyclic) bond motifs is 1. The SMILES string of the molecule is Cc1ccc(S(=O)(=O)OC(=O)N2CCc3ccccc3[C@H]2c2ccccc2)cc1. The Hall–Kier alpha value is -3.12. The minimum atomic E-state index is -4.20. The number of benzene rings is 3. The van der Waals surface area contributed by atoms with Gasteiger partial charge in [0.05, 0.1) is 6.04 Å². The molecular formula is C23H21NO4S. The van der Waals surface area contributed by atoms with Crippen LogP contribution < -0.4 is 0 Å². The van der Waals surface area contributed by atoms with E-state index in [0.29, 0.717) is 13.0 Å². The molecule has 3 aromatic rings. The van der Waals surface area contributed by atoms with E-state index in [2.05, 4.69) is 0 Å². The highest BCUT2D eigenvalue weighted by Crippen LogP contribution is 2.35. The van der Waals surface area contributed by atoms with Crippen LogP contribution in [0.4, 0.5) is 4.79 Å². The molecule has 1 amide bonds. The highest BCUT2D eigenvalue weighted by Gasteiger charge is 2.35. The molecule has 0 saturated heterocycles. The number of amides is 1. The lowest BCUT2D eigenvalue weighted by Crippen LogP contribution is -2.41. The first-order valence-corrected chi connectivity index (χ1v) is 10.8. The van der Waals surface area contributed by atoms with Crippen molar-refractivity contribution in [1.29, 1.82) is 0 Å². The van der Waals surface area contributed by atoms with Gasteiger partial charge in [-0.3, -0.25) is 4.90 Å². The van der Waals surface area contributed by atoms with Crippen LogP contribution in [0.3, 0.4) is 0 Å². The molecule has 0 aromatic heterocycles. The van der Waals surface area contributed by atoms with E-state index >= 15 is 0 Å². The highest BCUT2D eigenvalue weighted by atomic mass is 32.2. The Bertz CT molecular complexity index is 1130. The second-order valence-electron chi connectivity index (χ2n) is 7.07. The molecule has 5 nitrogen and oxygen atoms in total. The number of rotatable bonds is 3. The predicted molar refractivity (Wildman–Crippen MR) is 110 cm³/mol. The van der Waals surface area contributed by atoms with Crippen molar-refractivity contribution in [1.82, 2.24) is 4.90 Å². The summed E-state index contributed by atoms with van der Waals surface area (Å²) in [4.78, 5) is 14.4. The maximum absolute atomic E-state index is 13.0. The van der Waals surface area contributed by atoms with Crippen LogP contribution in [0.1, 0.15) is 28.3 Å². The molecule has 0 N–H and O–H groups in total. The van der Waals surface area contributed by atoms with Gasteiger partial charge < -0.3 is 4.18 Å². The van der Waals surface area contributed by atoms with Crippen LogP contribution >= 0.6 is 0 Å². The lowest BCUT2D eigenvalue weighted by atomic mass is 9.88. The van der Waals surface area contributed by atoms with E-state index in [1.165, 1.54) is 17.0 Å². The number of hydrogen-bond donors (Lipinski definition) is 0. The minimum absolute atomic E-state index is 0.0369. The van der Waals surface area contributed by atoms with Crippen molar-refractivity contribution < 1.29 is 17.4 Å². The Kier molecular flexibility index (Phi) is 5.11. The van der Waals surface area contributed by atoms with Gasteiger partial charge in [-0.15, -0.1) is 0 Å². The normalized spacial score (nSPS) is 16.2. The van der Waals surface area contributed by atoms with Crippen LogP contribution in [0.25, 0.3) is 0 Å². The van der Waals surface area contributed by atoms with E-state index in [1.807, 2.05) is 61.5 Å². The van der Waals surface area contributed by atoms with Gasteiger partial charge >= 0.3 is 16.2 Å². The van der Waals surface area contributed by atoms with E-state index in [9.17, 15) is 13.2 Å². The van der Waals surface area contributed by atoms with Crippen molar-refractivity contribution in [3.8, 4) is 0 Å². The number of hydrogen-bond acceptors (Lipinski definition) is 4. The standard InChI is InChI=1S/C23H21NO4S/c1-17-11-13-20(14-12-17)29(26,27)28-23(25)24-16-15-18-7-5-6-10-21(18)22(24)19-8-3-2-4-9-19/h2-14,22H,15-16H2,1H3/t22-/m1/s1. The largest absolute Gasteiger partial charge is 0.426 e. The van der Waals surface area contributed by atoms with Gasteiger partial charge in [0, 0.05) is 6.54 Å². The molecule has 6 heteroatoms. The summed E-state index contributed by atoms with van der Waals surface area (Å²) in [5.41, 5.74) is 3.96. The van der Waals surface area contributed by atoms with Gasteiger partial charge in [0.2, 0.25) is 0 Å². The van der Waals surface area contributed by atoms with E-state index in [0.717, 1.165) is 22.3 Å². The maximum Gasteiger partial charge on any atom is 0.426 e. The Balaban J connectivity index is 1.67. The van der Waals surface area contributed by atoms with Crippen molar-refractivity contribution >= 4 is 16.2 Å². The molecule has 1 atom stereocenters. The first-order valence-electron chi connectivity index (χ1n) is 9.40. The summed E-state index contributed by atoms with van der Waals surface area (Å²) in [7, 11) is -4.20. The topological polar surface area (TPSA) is 63.7 Å². The number of carbonyl (C=O) groups excluding carboxylic acids is 1. The Morgan fingerprint density at radius 1 is 0.931 bits per heavy atom. The van der Waals surface area contributed by atoms with Crippen LogP contribution in [0.15, 0.2) is 83.8 Å². The molecule has 29 heavy (non-hydrogen) atoms. The number of nitrogens with zero attached hydrogens (tertiary/aromatic N) is 1. The third-order valence-corrected chi connectivity index (χ3v) is 6.34. The molecule has 4 rings (SSSR count). The van der Waals surface area contributed by atoms with Crippen molar-refractivity contribution in [2.24, 2.45) is 0 Å². The molecular weight excluding hydrogens is 386 g/mol. The summed E-state index contributed by atoms with van der Waals surface area (Å²) in [5, 5.41) is 0. The zero-order valence-corrected chi connectivity index (χ0v) is 16.8.